The van der Waals surface area contributed by atoms with Gasteiger partial charge in [-0.2, -0.15) is 0 Å². The molecule has 1 aliphatic carbocycles. The van der Waals surface area contributed by atoms with Crippen LogP contribution in [0.15, 0.2) is 30.5 Å². The summed E-state index contributed by atoms with van der Waals surface area (Å²) in [6, 6.07) is 8.19. The second kappa shape index (κ2) is 5.08. The van der Waals surface area contributed by atoms with Gasteiger partial charge in [-0.05, 0) is 66.1 Å². The Labute approximate surface area is 118 Å². The summed E-state index contributed by atoms with van der Waals surface area (Å²) in [6.45, 7) is 1.95. The van der Waals surface area contributed by atoms with Crippen LogP contribution >= 0.6 is 0 Å². The number of hydrogen-bond acceptors (Lipinski definition) is 2. The van der Waals surface area contributed by atoms with Gasteiger partial charge in [0.15, 0.2) is 0 Å². The first-order valence-corrected chi connectivity index (χ1v) is 6.93. The lowest BCUT2D eigenvalue weighted by Crippen LogP contribution is -2.06. The van der Waals surface area contributed by atoms with Crippen LogP contribution in [0, 0.1) is 6.92 Å². The molecule has 0 aliphatic heterocycles. The molecule has 20 heavy (non-hydrogen) atoms. The number of fused-ring (bicyclic) bond motifs is 1. The Bertz CT molecular complexity index is 677. The minimum Gasteiger partial charge on any atom is -0.481 e. The first kappa shape index (κ1) is 12.9. The van der Waals surface area contributed by atoms with Crippen molar-refractivity contribution in [2.24, 2.45) is 0 Å². The van der Waals surface area contributed by atoms with Gasteiger partial charge in [-0.15, -0.1) is 0 Å². The van der Waals surface area contributed by atoms with Gasteiger partial charge in [0.25, 0.3) is 0 Å². The molecule has 3 rings (SSSR count). The average Bonchev–Trinajstić information content (AvgIpc) is 2.87. The fraction of sp³-hybridized carbons (Fsp3) is 0.294. The van der Waals surface area contributed by atoms with Crippen molar-refractivity contribution in [1.29, 1.82) is 0 Å². The Morgan fingerprint density at radius 1 is 1.30 bits per heavy atom. The normalized spacial score (nSPS) is 13.2. The molecule has 0 atom stereocenters. The van der Waals surface area contributed by atoms with E-state index in [0.29, 0.717) is 0 Å². The molecule has 1 aliphatic rings. The predicted molar refractivity (Wildman–Crippen MR) is 77.8 cm³/mol. The van der Waals surface area contributed by atoms with Crippen LogP contribution in [0.25, 0.3) is 11.1 Å². The van der Waals surface area contributed by atoms with E-state index in [9.17, 15) is 9.90 Å². The largest absolute Gasteiger partial charge is 0.481 e. The molecule has 0 saturated heterocycles. The number of rotatable bonds is 3. The third-order valence-electron chi connectivity index (χ3n) is 3.94. The number of nitrogens with zero attached hydrogens (tertiary/aromatic N) is 1. The number of carboxylic acids is 1. The summed E-state index contributed by atoms with van der Waals surface area (Å²) in [4.78, 5) is 15.4. The summed E-state index contributed by atoms with van der Waals surface area (Å²) < 4.78 is 0. The molecule has 3 heteroatoms. The lowest BCUT2D eigenvalue weighted by molar-refractivity contribution is -0.136. The van der Waals surface area contributed by atoms with Crippen LogP contribution in [0.1, 0.15) is 28.8 Å². The third kappa shape index (κ3) is 2.31. The number of pyridine rings is 1. The van der Waals surface area contributed by atoms with Crippen LogP contribution in [0.4, 0.5) is 0 Å². The van der Waals surface area contributed by atoms with Gasteiger partial charge in [0.2, 0.25) is 0 Å². The topological polar surface area (TPSA) is 50.2 Å². The fourth-order valence-electron chi connectivity index (χ4n) is 3.08. The van der Waals surface area contributed by atoms with E-state index < -0.39 is 5.97 Å². The molecule has 3 nitrogen and oxygen atoms in total. The second-order valence-corrected chi connectivity index (χ2v) is 5.34. The third-order valence-corrected chi connectivity index (χ3v) is 3.94. The summed E-state index contributed by atoms with van der Waals surface area (Å²) in [5, 5.41) is 9.21. The highest BCUT2D eigenvalue weighted by molar-refractivity contribution is 5.78. The predicted octanol–water partition coefficient (Wildman–Crippen LogP) is 3.17. The Morgan fingerprint density at radius 3 is 2.90 bits per heavy atom. The van der Waals surface area contributed by atoms with E-state index in [2.05, 4.69) is 17.1 Å². The van der Waals surface area contributed by atoms with Crippen molar-refractivity contribution in [1.82, 2.24) is 4.98 Å². The number of aromatic nitrogens is 1. The van der Waals surface area contributed by atoms with Crippen molar-refractivity contribution in [2.75, 3.05) is 0 Å². The van der Waals surface area contributed by atoms with Crippen LogP contribution in [0.3, 0.4) is 0 Å². The van der Waals surface area contributed by atoms with E-state index in [0.717, 1.165) is 41.6 Å². The summed E-state index contributed by atoms with van der Waals surface area (Å²) in [6.07, 6.45) is 5.07. The first-order chi connectivity index (χ1) is 9.65. The number of aryl methyl sites for hydroxylation is 2. The number of carboxylic acid groups (broad SMARTS) is 1. The van der Waals surface area contributed by atoms with Gasteiger partial charge in [0, 0.05) is 11.9 Å². The van der Waals surface area contributed by atoms with E-state index in [1.54, 1.807) is 6.20 Å². The molecule has 1 aromatic carbocycles. The molecule has 0 fully saturated rings. The number of benzene rings is 1. The Morgan fingerprint density at radius 2 is 2.15 bits per heavy atom. The zero-order valence-corrected chi connectivity index (χ0v) is 11.5. The molecule has 0 unspecified atom stereocenters. The van der Waals surface area contributed by atoms with Crippen LogP contribution in [-0.4, -0.2) is 16.1 Å². The van der Waals surface area contributed by atoms with E-state index in [1.807, 2.05) is 19.1 Å². The van der Waals surface area contributed by atoms with Gasteiger partial charge in [-0.25, -0.2) is 0 Å². The van der Waals surface area contributed by atoms with Gasteiger partial charge in [-0.3, -0.25) is 9.78 Å². The highest BCUT2D eigenvalue weighted by Crippen LogP contribution is 2.33. The van der Waals surface area contributed by atoms with Crippen molar-refractivity contribution < 1.29 is 9.90 Å². The van der Waals surface area contributed by atoms with Crippen molar-refractivity contribution in [2.45, 2.75) is 32.6 Å². The first-order valence-electron chi connectivity index (χ1n) is 6.93. The molecule has 0 spiro atoms. The van der Waals surface area contributed by atoms with Crippen molar-refractivity contribution in [3.63, 3.8) is 0 Å². The maximum atomic E-state index is 11.2. The maximum Gasteiger partial charge on any atom is 0.307 e. The van der Waals surface area contributed by atoms with Gasteiger partial charge >= 0.3 is 5.97 Å². The van der Waals surface area contributed by atoms with Crippen molar-refractivity contribution in [3.05, 3.63) is 52.8 Å². The molecule has 1 N–H and O–H groups in total. The average molecular weight is 267 g/mol. The van der Waals surface area contributed by atoms with Crippen LogP contribution < -0.4 is 0 Å². The SMILES string of the molecule is Cc1cc(-c2ccc3c(c2CC(=O)O)CCC3)ccn1. The standard InChI is InChI=1S/C17H17NO2/c1-11-9-13(7-8-18-11)15-6-5-12-3-2-4-14(12)16(15)10-17(19)20/h5-9H,2-4,10H2,1H3,(H,19,20). The molecule has 2 aromatic rings. The molecule has 0 bridgehead atoms. The Kier molecular flexibility index (Phi) is 3.26. The quantitative estimate of drug-likeness (QED) is 0.929. The van der Waals surface area contributed by atoms with Gasteiger partial charge in [0.1, 0.15) is 0 Å². The van der Waals surface area contributed by atoms with E-state index in [1.165, 1.54) is 11.1 Å². The summed E-state index contributed by atoms with van der Waals surface area (Å²) in [7, 11) is 0. The number of carbonyl (C=O) groups is 1. The summed E-state index contributed by atoms with van der Waals surface area (Å²) >= 11 is 0. The lowest BCUT2D eigenvalue weighted by atomic mass is 9.91. The van der Waals surface area contributed by atoms with Crippen LogP contribution in [0.2, 0.25) is 0 Å². The highest BCUT2D eigenvalue weighted by Gasteiger charge is 2.20. The zero-order valence-electron chi connectivity index (χ0n) is 11.5. The summed E-state index contributed by atoms with van der Waals surface area (Å²) in [5.41, 5.74) is 6.60. The smallest absolute Gasteiger partial charge is 0.307 e. The van der Waals surface area contributed by atoms with E-state index in [4.69, 9.17) is 0 Å². The van der Waals surface area contributed by atoms with Crippen molar-refractivity contribution >= 4 is 5.97 Å². The molecular formula is C17H17NO2. The molecule has 1 aromatic heterocycles. The van der Waals surface area contributed by atoms with Crippen LogP contribution in [0.5, 0.6) is 0 Å². The lowest BCUT2D eigenvalue weighted by Gasteiger charge is -2.14. The Balaban J connectivity index is 2.17. The second-order valence-electron chi connectivity index (χ2n) is 5.34. The monoisotopic (exact) mass is 267 g/mol. The van der Waals surface area contributed by atoms with E-state index >= 15 is 0 Å². The van der Waals surface area contributed by atoms with E-state index in [-0.39, 0.29) is 6.42 Å². The van der Waals surface area contributed by atoms with Crippen LogP contribution in [-0.2, 0) is 24.1 Å². The molecular weight excluding hydrogens is 250 g/mol. The summed E-state index contributed by atoms with van der Waals surface area (Å²) in [5.74, 6) is -0.766. The fourth-order valence-corrected chi connectivity index (χ4v) is 3.08. The molecule has 1 heterocycles. The maximum absolute atomic E-state index is 11.2. The minimum absolute atomic E-state index is 0.0971. The van der Waals surface area contributed by atoms with Gasteiger partial charge in [-0.1, -0.05) is 12.1 Å². The number of hydrogen-bond donors (Lipinski definition) is 1. The molecule has 0 amide bonds. The van der Waals surface area contributed by atoms with Crippen molar-refractivity contribution in [3.8, 4) is 11.1 Å². The highest BCUT2D eigenvalue weighted by atomic mass is 16.4. The number of aliphatic carboxylic acids is 1. The minimum atomic E-state index is -0.766. The van der Waals surface area contributed by atoms with Gasteiger partial charge in [0.05, 0.1) is 6.42 Å². The molecule has 102 valence electrons. The van der Waals surface area contributed by atoms with Gasteiger partial charge < -0.3 is 5.11 Å². The molecule has 0 radical (unpaired) electrons. The zero-order chi connectivity index (χ0) is 14.1. The Hall–Kier alpha value is -2.16. The molecule has 0 saturated carbocycles.